The zero-order chi connectivity index (χ0) is 41.3. The second-order valence-electron chi connectivity index (χ2n) is 15.4. The molecule has 13 heteroatoms. The van der Waals surface area contributed by atoms with Crippen LogP contribution in [0.25, 0.3) is 0 Å². The number of carbonyl (C=O) groups excluding carboxylic acids is 2. The van der Waals surface area contributed by atoms with Crippen LogP contribution in [0.2, 0.25) is 0 Å². The van der Waals surface area contributed by atoms with E-state index in [9.17, 15) is 37.9 Å². The third-order valence-corrected chi connectivity index (χ3v) is 10.8. The highest BCUT2D eigenvalue weighted by Crippen LogP contribution is 2.24. The molecule has 12 nitrogen and oxygen atoms in total. The third-order valence-electron chi connectivity index (χ3n) is 10.0. The van der Waals surface area contributed by atoms with Gasteiger partial charge in [-0.05, 0) is 32.1 Å². The fourth-order valence-electron chi connectivity index (χ4n) is 6.61. The minimum Gasteiger partial charge on any atom is -0.462 e. The van der Waals surface area contributed by atoms with Gasteiger partial charge >= 0.3 is 11.9 Å². The lowest BCUT2D eigenvalue weighted by Crippen LogP contribution is -2.60. The minimum atomic E-state index is -4.60. The molecule has 1 fully saturated rings. The lowest BCUT2D eigenvalue weighted by molar-refractivity contribution is -0.297. The van der Waals surface area contributed by atoms with E-state index < -0.39 is 71.2 Å². The fourth-order valence-corrected chi connectivity index (χ4v) is 7.30. The standard InChI is InChI=1S/C43H78O12S/c1-3-5-7-9-11-13-15-17-18-20-21-23-25-27-29-31-38(44)52-33-36(34-53-43-42(48)41(47)40(46)37(55-43)35-56(49,50)51)54-39(45)32-30-28-26-24-22-19-16-14-12-10-8-6-4-2/h19,22,26,28,36-37,40-43,46-48H,3-18,20-21,23-25,27,29-35H2,1-2H3,(H,49,50,51)/b22-19+,28-26+/t36?,37-,40-,41?,42?,43+/m1/s1. The van der Waals surface area contributed by atoms with E-state index in [1.165, 1.54) is 109 Å². The Bertz CT molecular complexity index is 1140. The molecule has 1 rings (SSSR count). The van der Waals surface area contributed by atoms with Crippen LogP contribution in [0.5, 0.6) is 0 Å². The lowest BCUT2D eigenvalue weighted by atomic mass is 10.00. The SMILES string of the molecule is CCCCCCCC/C=C/C/C=C/CCC(=O)OC(COC(=O)CCCCCCCCCCCCCCCCC)CO[C@H]1O[C@H](CS(=O)(=O)O)[C@@H](O)C(O)C1O. The second-order valence-corrected chi connectivity index (χ2v) is 16.9. The first-order valence-corrected chi connectivity index (χ1v) is 23.5. The van der Waals surface area contributed by atoms with Crippen LogP contribution in [-0.4, -0.2) is 96.0 Å². The van der Waals surface area contributed by atoms with Gasteiger partial charge in [-0.1, -0.05) is 160 Å². The summed E-state index contributed by atoms with van der Waals surface area (Å²) < 4.78 is 53.9. The van der Waals surface area contributed by atoms with Crippen LogP contribution in [0.15, 0.2) is 24.3 Å². The summed E-state index contributed by atoms with van der Waals surface area (Å²) in [6, 6.07) is 0. The maximum Gasteiger partial charge on any atom is 0.306 e. The predicted octanol–water partition coefficient (Wildman–Crippen LogP) is 8.45. The molecule has 0 aromatic rings. The molecule has 328 valence electrons. The van der Waals surface area contributed by atoms with E-state index in [0.717, 1.165) is 32.1 Å². The van der Waals surface area contributed by atoms with E-state index in [0.29, 0.717) is 12.8 Å². The molecule has 0 aromatic heterocycles. The van der Waals surface area contributed by atoms with Crippen LogP contribution in [0.4, 0.5) is 0 Å². The summed E-state index contributed by atoms with van der Waals surface area (Å²) in [7, 11) is -4.60. The Morgan fingerprint density at radius 2 is 1.11 bits per heavy atom. The van der Waals surface area contributed by atoms with Crippen LogP contribution in [-0.2, 0) is 38.7 Å². The molecule has 1 saturated heterocycles. The van der Waals surface area contributed by atoms with E-state index in [-0.39, 0.29) is 19.4 Å². The van der Waals surface area contributed by atoms with Crippen LogP contribution in [0, 0.1) is 0 Å². The van der Waals surface area contributed by atoms with Gasteiger partial charge in [0, 0.05) is 12.8 Å². The van der Waals surface area contributed by atoms with Gasteiger partial charge in [0.2, 0.25) is 0 Å². The molecular weight excluding hydrogens is 741 g/mol. The van der Waals surface area contributed by atoms with Crippen LogP contribution < -0.4 is 0 Å². The van der Waals surface area contributed by atoms with Gasteiger partial charge < -0.3 is 34.3 Å². The topological polar surface area (TPSA) is 186 Å². The maximum atomic E-state index is 12.7. The molecule has 4 N–H and O–H groups in total. The Morgan fingerprint density at radius 3 is 1.64 bits per heavy atom. The number of allylic oxidation sites excluding steroid dienone is 4. The Balaban J connectivity index is 2.49. The largest absolute Gasteiger partial charge is 0.462 e. The number of carbonyl (C=O) groups is 2. The van der Waals surface area contributed by atoms with Gasteiger partial charge in [-0.3, -0.25) is 14.1 Å². The molecule has 0 aliphatic carbocycles. The zero-order valence-electron chi connectivity index (χ0n) is 34.7. The Hall–Kier alpha value is -1.87. The summed E-state index contributed by atoms with van der Waals surface area (Å²) in [6.45, 7) is 3.70. The summed E-state index contributed by atoms with van der Waals surface area (Å²) >= 11 is 0. The number of ether oxygens (including phenoxy) is 4. The Labute approximate surface area is 338 Å². The minimum absolute atomic E-state index is 0.0610. The van der Waals surface area contributed by atoms with Crippen LogP contribution >= 0.6 is 0 Å². The van der Waals surface area contributed by atoms with E-state index in [1.54, 1.807) is 0 Å². The molecule has 56 heavy (non-hydrogen) atoms. The average molecular weight is 819 g/mol. The normalized spacial score (nSPS) is 20.9. The van der Waals surface area contributed by atoms with Crippen LogP contribution in [0.1, 0.15) is 181 Å². The van der Waals surface area contributed by atoms with Gasteiger partial charge in [0.15, 0.2) is 12.4 Å². The molecule has 0 radical (unpaired) electrons. The highest BCUT2D eigenvalue weighted by Gasteiger charge is 2.46. The van der Waals surface area contributed by atoms with Crippen molar-refractivity contribution in [3.63, 3.8) is 0 Å². The Kier molecular flexibility index (Phi) is 31.7. The van der Waals surface area contributed by atoms with Crippen molar-refractivity contribution in [1.82, 2.24) is 0 Å². The molecule has 1 aliphatic heterocycles. The van der Waals surface area contributed by atoms with Gasteiger partial charge in [-0.2, -0.15) is 8.42 Å². The zero-order valence-corrected chi connectivity index (χ0v) is 35.6. The second kappa shape index (κ2) is 34.0. The summed E-state index contributed by atoms with van der Waals surface area (Å²) in [5.41, 5.74) is 0. The molecule has 0 aromatic carbocycles. The van der Waals surface area contributed by atoms with Crippen LogP contribution in [0.3, 0.4) is 0 Å². The molecule has 0 saturated carbocycles. The van der Waals surface area contributed by atoms with Crippen molar-refractivity contribution in [2.75, 3.05) is 19.0 Å². The number of hydrogen-bond acceptors (Lipinski definition) is 11. The molecule has 1 heterocycles. The first kappa shape index (κ1) is 52.1. The monoisotopic (exact) mass is 819 g/mol. The molecule has 0 amide bonds. The molecule has 1 aliphatic rings. The van der Waals surface area contributed by atoms with Crippen molar-refractivity contribution in [3.05, 3.63) is 24.3 Å². The maximum absolute atomic E-state index is 12.7. The van der Waals surface area contributed by atoms with E-state index in [4.69, 9.17) is 18.9 Å². The highest BCUT2D eigenvalue weighted by atomic mass is 32.2. The molecule has 0 spiro atoms. The van der Waals surface area contributed by atoms with E-state index in [1.807, 2.05) is 12.2 Å². The Morgan fingerprint density at radius 1 is 0.607 bits per heavy atom. The number of hydrogen-bond donors (Lipinski definition) is 4. The summed E-state index contributed by atoms with van der Waals surface area (Å²) in [5.74, 6) is -2.06. The number of rotatable bonds is 36. The molecular formula is C43H78O12S. The average Bonchev–Trinajstić information content (AvgIpc) is 3.16. The fraction of sp³-hybridized carbons (Fsp3) is 0.860. The number of aliphatic hydroxyl groups is 3. The van der Waals surface area contributed by atoms with Gasteiger partial charge in [-0.25, -0.2) is 0 Å². The first-order valence-electron chi connectivity index (χ1n) is 21.9. The van der Waals surface area contributed by atoms with E-state index in [2.05, 4.69) is 26.0 Å². The van der Waals surface area contributed by atoms with Crippen molar-refractivity contribution in [2.45, 2.75) is 218 Å². The summed E-state index contributed by atoms with van der Waals surface area (Å²) in [6.07, 6.45) is 26.7. The van der Waals surface area contributed by atoms with Gasteiger partial charge in [-0.15, -0.1) is 0 Å². The smallest absolute Gasteiger partial charge is 0.306 e. The lowest BCUT2D eigenvalue weighted by Gasteiger charge is -2.40. The van der Waals surface area contributed by atoms with Crippen molar-refractivity contribution in [2.24, 2.45) is 0 Å². The number of esters is 2. The van der Waals surface area contributed by atoms with E-state index >= 15 is 0 Å². The van der Waals surface area contributed by atoms with Crippen molar-refractivity contribution in [1.29, 1.82) is 0 Å². The third kappa shape index (κ3) is 28.5. The van der Waals surface area contributed by atoms with Crippen molar-refractivity contribution in [3.8, 4) is 0 Å². The van der Waals surface area contributed by atoms with Crippen molar-refractivity contribution < 1.29 is 56.8 Å². The number of unbranched alkanes of at least 4 members (excludes halogenated alkanes) is 20. The predicted molar refractivity (Wildman–Crippen MR) is 220 cm³/mol. The number of aliphatic hydroxyl groups excluding tert-OH is 3. The molecule has 0 bridgehead atoms. The quantitative estimate of drug-likeness (QED) is 0.0205. The first-order chi connectivity index (χ1) is 27.0. The highest BCUT2D eigenvalue weighted by molar-refractivity contribution is 7.85. The van der Waals surface area contributed by atoms with Gasteiger partial charge in [0.25, 0.3) is 10.1 Å². The summed E-state index contributed by atoms with van der Waals surface area (Å²) in [5, 5.41) is 30.8. The molecule has 6 atom stereocenters. The van der Waals surface area contributed by atoms with Gasteiger partial charge in [0.05, 0.1) is 6.61 Å². The van der Waals surface area contributed by atoms with Crippen molar-refractivity contribution >= 4 is 22.1 Å². The molecule has 3 unspecified atom stereocenters. The van der Waals surface area contributed by atoms with Gasteiger partial charge in [0.1, 0.15) is 36.8 Å². The summed E-state index contributed by atoms with van der Waals surface area (Å²) in [4.78, 5) is 25.3.